The Labute approximate surface area is 131 Å². The van der Waals surface area contributed by atoms with Crippen molar-refractivity contribution in [1.29, 1.82) is 0 Å². The van der Waals surface area contributed by atoms with Gasteiger partial charge in [-0.2, -0.15) is 0 Å². The summed E-state index contributed by atoms with van der Waals surface area (Å²) in [5.74, 6) is 1.13. The summed E-state index contributed by atoms with van der Waals surface area (Å²) >= 11 is 0. The van der Waals surface area contributed by atoms with Crippen LogP contribution in [-0.4, -0.2) is 36.9 Å². The molecule has 0 radical (unpaired) electrons. The van der Waals surface area contributed by atoms with Gasteiger partial charge in [-0.1, -0.05) is 5.16 Å². The fraction of sp³-hybridized carbons (Fsp3) is 0.267. The minimum Gasteiger partial charge on any atom is -0.454 e. The van der Waals surface area contributed by atoms with E-state index in [0.717, 1.165) is 0 Å². The van der Waals surface area contributed by atoms with Crippen LogP contribution in [0.2, 0.25) is 0 Å². The maximum Gasteiger partial charge on any atom is 0.273 e. The zero-order chi connectivity index (χ0) is 16.2. The van der Waals surface area contributed by atoms with Gasteiger partial charge >= 0.3 is 0 Å². The largest absolute Gasteiger partial charge is 0.454 e. The number of aryl methyl sites for hydroxylation is 1. The van der Waals surface area contributed by atoms with Gasteiger partial charge in [-0.05, 0) is 25.1 Å². The molecular weight excluding hydrogens is 302 g/mol. The van der Waals surface area contributed by atoms with E-state index >= 15 is 0 Å². The Hall–Kier alpha value is -3.03. The Morgan fingerprint density at radius 3 is 2.57 bits per heavy atom. The first kappa shape index (κ1) is 14.9. The third-order valence-corrected chi connectivity index (χ3v) is 3.19. The molecule has 0 saturated carbocycles. The first-order valence-electron chi connectivity index (χ1n) is 7.03. The van der Waals surface area contributed by atoms with Gasteiger partial charge in [-0.3, -0.25) is 9.59 Å². The number of carbonyl (C=O) groups is 2. The predicted molar refractivity (Wildman–Crippen MR) is 78.5 cm³/mol. The lowest BCUT2D eigenvalue weighted by Crippen LogP contribution is -2.34. The molecule has 1 aromatic carbocycles. The summed E-state index contributed by atoms with van der Waals surface area (Å²) in [7, 11) is 0. The molecule has 23 heavy (non-hydrogen) atoms. The Balaban J connectivity index is 1.45. The SMILES string of the molecule is Cc1cc(C(=O)NCCNC(=O)c2ccc3c(c2)OCO3)no1. The van der Waals surface area contributed by atoms with Crippen LogP contribution in [0.15, 0.2) is 28.8 Å². The topological polar surface area (TPSA) is 103 Å². The molecule has 0 aliphatic carbocycles. The number of hydrogen-bond donors (Lipinski definition) is 2. The van der Waals surface area contributed by atoms with Crippen LogP contribution in [0, 0.1) is 6.92 Å². The zero-order valence-corrected chi connectivity index (χ0v) is 12.4. The Morgan fingerprint density at radius 2 is 1.83 bits per heavy atom. The van der Waals surface area contributed by atoms with Crippen molar-refractivity contribution in [3.63, 3.8) is 0 Å². The van der Waals surface area contributed by atoms with Crippen molar-refractivity contribution in [3.8, 4) is 11.5 Å². The molecule has 1 aliphatic rings. The van der Waals surface area contributed by atoms with Gasteiger partial charge in [0.2, 0.25) is 6.79 Å². The first-order valence-corrected chi connectivity index (χ1v) is 7.03. The Kier molecular flexibility index (Phi) is 4.13. The quantitative estimate of drug-likeness (QED) is 0.793. The Morgan fingerprint density at radius 1 is 1.09 bits per heavy atom. The molecule has 120 valence electrons. The van der Waals surface area contributed by atoms with Crippen LogP contribution in [0.5, 0.6) is 11.5 Å². The molecule has 0 unspecified atom stereocenters. The maximum absolute atomic E-state index is 12.0. The molecule has 0 atom stereocenters. The van der Waals surface area contributed by atoms with Crippen molar-refractivity contribution in [3.05, 3.63) is 41.3 Å². The van der Waals surface area contributed by atoms with Crippen molar-refractivity contribution < 1.29 is 23.6 Å². The highest BCUT2D eigenvalue weighted by atomic mass is 16.7. The highest BCUT2D eigenvalue weighted by Gasteiger charge is 2.16. The molecule has 8 nitrogen and oxygen atoms in total. The third kappa shape index (κ3) is 3.42. The van der Waals surface area contributed by atoms with Crippen molar-refractivity contribution in [2.75, 3.05) is 19.9 Å². The van der Waals surface area contributed by atoms with Crippen LogP contribution in [0.4, 0.5) is 0 Å². The zero-order valence-electron chi connectivity index (χ0n) is 12.4. The fourth-order valence-corrected chi connectivity index (χ4v) is 2.06. The average Bonchev–Trinajstić information content (AvgIpc) is 3.18. The number of carbonyl (C=O) groups excluding carboxylic acids is 2. The number of hydrogen-bond acceptors (Lipinski definition) is 6. The van der Waals surface area contributed by atoms with E-state index in [1.54, 1.807) is 31.2 Å². The molecule has 3 rings (SSSR count). The van der Waals surface area contributed by atoms with Gasteiger partial charge in [-0.25, -0.2) is 0 Å². The van der Waals surface area contributed by atoms with Gasteiger partial charge in [-0.15, -0.1) is 0 Å². The van der Waals surface area contributed by atoms with Crippen LogP contribution < -0.4 is 20.1 Å². The normalized spacial score (nSPS) is 12.0. The number of aromatic nitrogens is 1. The maximum atomic E-state index is 12.0. The van der Waals surface area contributed by atoms with E-state index in [1.807, 2.05) is 0 Å². The number of fused-ring (bicyclic) bond motifs is 1. The van der Waals surface area contributed by atoms with Crippen LogP contribution in [-0.2, 0) is 0 Å². The van der Waals surface area contributed by atoms with Gasteiger partial charge in [0, 0.05) is 24.7 Å². The minimum absolute atomic E-state index is 0.161. The first-order chi connectivity index (χ1) is 11.1. The lowest BCUT2D eigenvalue weighted by atomic mass is 10.2. The molecule has 2 aromatic rings. The molecule has 2 amide bonds. The number of rotatable bonds is 5. The summed E-state index contributed by atoms with van der Waals surface area (Å²) in [6.07, 6.45) is 0. The van der Waals surface area contributed by atoms with E-state index in [-0.39, 0.29) is 37.4 Å². The molecule has 8 heteroatoms. The molecule has 1 aliphatic heterocycles. The van der Waals surface area contributed by atoms with E-state index < -0.39 is 0 Å². The molecule has 0 spiro atoms. The van der Waals surface area contributed by atoms with E-state index in [4.69, 9.17) is 14.0 Å². The highest BCUT2D eigenvalue weighted by Crippen LogP contribution is 2.32. The van der Waals surface area contributed by atoms with Gasteiger partial charge < -0.3 is 24.6 Å². The molecular formula is C15H15N3O5. The molecule has 2 heterocycles. The number of nitrogens with one attached hydrogen (secondary N) is 2. The fourth-order valence-electron chi connectivity index (χ4n) is 2.06. The standard InChI is InChI=1S/C15H15N3O5/c1-9-6-11(18-23-9)15(20)17-5-4-16-14(19)10-2-3-12-13(7-10)22-8-21-12/h2-3,6-7H,4-5,8H2,1H3,(H,16,19)(H,17,20). The van der Waals surface area contributed by atoms with Crippen molar-refractivity contribution >= 4 is 11.8 Å². The second-order valence-electron chi connectivity index (χ2n) is 4.90. The van der Waals surface area contributed by atoms with Crippen molar-refractivity contribution in [2.24, 2.45) is 0 Å². The number of benzene rings is 1. The molecule has 1 aromatic heterocycles. The summed E-state index contributed by atoms with van der Waals surface area (Å²) in [5.41, 5.74) is 0.678. The van der Waals surface area contributed by atoms with Gasteiger partial charge in [0.1, 0.15) is 5.76 Å². The smallest absolute Gasteiger partial charge is 0.273 e. The second-order valence-corrected chi connectivity index (χ2v) is 4.90. The van der Waals surface area contributed by atoms with Crippen LogP contribution >= 0.6 is 0 Å². The predicted octanol–water partition coefficient (Wildman–Crippen LogP) is 0.872. The van der Waals surface area contributed by atoms with Crippen molar-refractivity contribution in [1.82, 2.24) is 15.8 Å². The third-order valence-electron chi connectivity index (χ3n) is 3.19. The van der Waals surface area contributed by atoms with Crippen molar-refractivity contribution in [2.45, 2.75) is 6.92 Å². The summed E-state index contributed by atoms with van der Waals surface area (Å²) in [6, 6.07) is 6.50. The summed E-state index contributed by atoms with van der Waals surface area (Å²) < 4.78 is 15.2. The van der Waals surface area contributed by atoms with Gasteiger partial charge in [0.15, 0.2) is 17.2 Å². The molecule has 0 bridgehead atoms. The molecule has 2 N–H and O–H groups in total. The Bertz CT molecular complexity index is 740. The van der Waals surface area contributed by atoms with Crippen LogP contribution in [0.3, 0.4) is 0 Å². The van der Waals surface area contributed by atoms with E-state index in [1.165, 1.54) is 0 Å². The van der Waals surface area contributed by atoms with Crippen LogP contribution in [0.25, 0.3) is 0 Å². The molecule has 0 fully saturated rings. The highest BCUT2D eigenvalue weighted by molar-refractivity contribution is 5.95. The van der Waals surface area contributed by atoms with Gasteiger partial charge in [0.05, 0.1) is 0 Å². The lowest BCUT2D eigenvalue weighted by Gasteiger charge is -2.06. The monoisotopic (exact) mass is 317 g/mol. The van der Waals surface area contributed by atoms with Crippen LogP contribution in [0.1, 0.15) is 26.6 Å². The van der Waals surface area contributed by atoms with E-state index in [2.05, 4.69) is 15.8 Å². The number of ether oxygens (including phenoxy) is 2. The minimum atomic E-state index is -0.348. The second kappa shape index (κ2) is 6.39. The lowest BCUT2D eigenvalue weighted by molar-refractivity contribution is 0.0922. The average molecular weight is 317 g/mol. The van der Waals surface area contributed by atoms with Gasteiger partial charge in [0.25, 0.3) is 11.8 Å². The molecule has 0 saturated heterocycles. The summed E-state index contributed by atoms with van der Waals surface area (Å²) in [6.45, 7) is 2.43. The number of amides is 2. The summed E-state index contributed by atoms with van der Waals surface area (Å²) in [4.78, 5) is 23.7. The number of nitrogens with zero attached hydrogens (tertiary/aromatic N) is 1. The summed E-state index contributed by atoms with van der Waals surface area (Å²) in [5, 5.41) is 8.96. The van der Waals surface area contributed by atoms with E-state index in [9.17, 15) is 9.59 Å². The van der Waals surface area contributed by atoms with E-state index in [0.29, 0.717) is 22.8 Å².